The molecule has 0 fully saturated rings. The number of aromatic nitrogens is 1. The average molecular weight is 181 g/mol. The molecule has 0 radical (unpaired) electrons. The Hall–Kier alpha value is -1.62. The topological polar surface area (TPSA) is 88.0 Å². The molecule has 0 spiro atoms. The second kappa shape index (κ2) is 3.40. The van der Waals surface area contributed by atoms with Crippen molar-refractivity contribution in [1.82, 2.24) is 10.4 Å². The van der Waals surface area contributed by atoms with E-state index in [9.17, 15) is 9.59 Å². The fraction of sp³-hybridized carbons (Fsp3) is 0.250. The summed E-state index contributed by atoms with van der Waals surface area (Å²) in [6, 6.07) is 1.71. The van der Waals surface area contributed by atoms with Crippen LogP contribution in [0.25, 0.3) is 0 Å². The summed E-state index contributed by atoms with van der Waals surface area (Å²) < 4.78 is 0. The van der Waals surface area contributed by atoms with Gasteiger partial charge in [0.15, 0.2) is 0 Å². The lowest BCUT2D eigenvalue weighted by Crippen LogP contribution is -2.35. The van der Waals surface area contributed by atoms with Crippen molar-refractivity contribution in [1.29, 1.82) is 0 Å². The minimum Gasteiger partial charge on any atom is -0.326 e. The molecular weight excluding hydrogens is 170 g/mol. The van der Waals surface area contributed by atoms with Gasteiger partial charge in [0.2, 0.25) is 0 Å². The van der Waals surface area contributed by atoms with E-state index < -0.39 is 11.5 Å². The van der Waals surface area contributed by atoms with E-state index in [1.807, 2.05) is 5.43 Å². The van der Waals surface area contributed by atoms with Crippen LogP contribution in [0.5, 0.6) is 0 Å². The van der Waals surface area contributed by atoms with Gasteiger partial charge in [0.1, 0.15) is 5.56 Å². The van der Waals surface area contributed by atoms with Crippen LogP contribution in [0.15, 0.2) is 10.9 Å². The highest BCUT2D eigenvalue weighted by Gasteiger charge is 2.12. The van der Waals surface area contributed by atoms with Gasteiger partial charge in [0, 0.05) is 5.69 Å². The summed E-state index contributed by atoms with van der Waals surface area (Å²) in [5.74, 6) is 4.36. The van der Waals surface area contributed by atoms with Crippen LogP contribution in [0.2, 0.25) is 0 Å². The van der Waals surface area contributed by atoms with E-state index in [1.165, 1.54) is 0 Å². The van der Waals surface area contributed by atoms with Crippen molar-refractivity contribution in [2.75, 3.05) is 0 Å². The fourth-order valence-corrected chi connectivity index (χ4v) is 1.21. The third-order valence-electron chi connectivity index (χ3n) is 1.72. The summed E-state index contributed by atoms with van der Waals surface area (Å²) in [5.41, 5.74) is 2.90. The molecule has 70 valence electrons. The lowest BCUT2D eigenvalue weighted by molar-refractivity contribution is 0.0951. The van der Waals surface area contributed by atoms with Crippen molar-refractivity contribution in [2.45, 2.75) is 13.8 Å². The highest BCUT2D eigenvalue weighted by molar-refractivity contribution is 5.94. The van der Waals surface area contributed by atoms with Crippen LogP contribution in [0.3, 0.4) is 0 Å². The van der Waals surface area contributed by atoms with Crippen LogP contribution in [-0.4, -0.2) is 10.9 Å². The number of aryl methyl sites for hydroxylation is 2. The van der Waals surface area contributed by atoms with Crippen molar-refractivity contribution >= 4 is 5.91 Å². The second-order valence-corrected chi connectivity index (χ2v) is 2.81. The minimum absolute atomic E-state index is 0.0631. The Balaban J connectivity index is 3.38. The molecule has 1 aromatic rings. The summed E-state index contributed by atoms with van der Waals surface area (Å²) >= 11 is 0. The number of rotatable bonds is 1. The monoisotopic (exact) mass is 181 g/mol. The van der Waals surface area contributed by atoms with Gasteiger partial charge in [-0.25, -0.2) is 5.84 Å². The van der Waals surface area contributed by atoms with E-state index in [0.29, 0.717) is 5.56 Å². The van der Waals surface area contributed by atoms with E-state index in [0.717, 1.165) is 5.69 Å². The summed E-state index contributed by atoms with van der Waals surface area (Å²) in [6.07, 6.45) is 0. The molecule has 0 unspecified atom stereocenters. The molecule has 0 aliphatic heterocycles. The number of nitrogen functional groups attached to an aromatic ring is 1. The maximum atomic E-state index is 11.3. The van der Waals surface area contributed by atoms with E-state index in [2.05, 4.69) is 4.98 Å². The molecule has 13 heavy (non-hydrogen) atoms. The summed E-state index contributed by atoms with van der Waals surface area (Å²) in [4.78, 5) is 24.9. The standard InChI is InChI=1S/C8H11N3O2/c1-4-3-5(2)10-7(12)6(4)8(13)11-9/h3H,9H2,1-2H3,(H,10,12)(H,11,13). The first-order valence-corrected chi connectivity index (χ1v) is 3.77. The Labute approximate surface area is 74.9 Å². The van der Waals surface area contributed by atoms with Crippen molar-refractivity contribution < 1.29 is 4.79 Å². The van der Waals surface area contributed by atoms with Gasteiger partial charge in [-0.15, -0.1) is 0 Å². The number of hydrogen-bond acceptors (Lipinski definition) is 3. The molecule has 0 saturated carbocycles. The number of hydrazine groups is 1. The molecule has 0 aliphatic carbocycles. The molecule has 4 N–H and O–H groups in total. The van der Waals surface area contributed by atoms with Gasteiger partial charge in [-0.1, -0.05) is 0 Å². The van der Waals surface area contributed by atoms with Gasteiger partial charge in [0.25, 0.3) is 11.5 Å². The second-order valence-electron chi connectivity index (χ2n) is 2.81. The Bertz CT molecular complexity index is 395. The average Bonchev–Trinajstić information content (AvgIpc) is 2.02. The number of amides is 1. The first kappa shape index (κ1) is 9.47. The van der Waals surface area contributed by atoms with Crippen LogP contribution in [-0.2, 0) is 0 Å². The highest BCUT2D eigenvalue weighted by atomic mass is 16.2. The maximum absolute atomic E-state index is 11.3. The number of nitrogens with one attached hydrogen (secondary N) is 2. The van der Waals surface area contributed by atoms with Crippen molar-refractivity contribution in [2.24, 2.45) is 5.84 Å². The van der Waals surface area contributed by atoms with E-state index in [-0.39, 0.29) is 5.56 Å². The number of H-pyrrole nitrogens is 1. The lowest BCUT2D eigenvalue weighted by Gasteiger charge is -2.03. The number of pyridine rings is 1. The normalized spacial score (nSPS) is 9.77. The van der Waals surface area contributed by atoms with Crippen LogP contribution in [0.4, 0.5) is 0 Å². The van der Waals surface area contributed by atoms with Crippen LogP contribution in [0, 0.1) is 13.8 Å². The van der Waals surface area contributed by atoms with E-state index >= 15 is 0 Å². The zero-order valence-electron chi connectivity index (χ0n) is 7.47. The number of nitrogens with two attached hydrogens (primary N) is 1. The number of hydrogen-bond donors (Lipinski definition) is 3. The van der Waals surface area contributed by atoms with Gasteiger partial charge >= 0.3 is 0 Å². The highest BCUT2D eigenvalue weighted by Crippen LogP contribution is 2.02. The lowest BCUT2D eigenvalue weighted by atomic mass is 10.1. The molecule has 1 amide bonds. The Kier molecular flexibility index (Phi) is 2.48. The maximum Gasteiger partial charge on any atom is 0.271 e. The van der Waals surface area contributed by atoms with E-state index in [4.69, 9.17) is 5.84 Å². The largest absolute Gasteiger partial charge is 0.326 e. The molecule has 1 aromatic heterocycles. The Morgan fingerprint density at radius 3 is 2.62 bits per heavy atom. The Morgan fingerprint density at radius 2 is 2.15 bits per heavy atom. The third-order valence-corrected chi connectivity index (χ3v) is 1.72. The van der Waals surface area contributed by atoms with Crippen molar-refractivity contribution in [3.05, 3.63) is 33.2 Å². The quantitative estimate of drug-likeness (QED) is 0.313. The molecule has 0 bridgehead atoms. The van der Waals surface area contributed by atoms with E-state index in [1.54, 1.807) is 19.9 Å². The molecule has 0 atom stereocenters. The van der Waals surface area contributed by atoms with Gasteiger partial charge < -0.3 is 4.98 Å². The SMILES string of the molecule is Cc1cc(C)c(C(=O)NN)c(=O)[nH]1. The third kappa shape index (κ3) is 1.75. The van der Waals surface area contributed by atoms with Crippen molar-refractivity contribution in [3.8, 4) is 0 Å². The predicted octanol–water partition coefficient (Wildman–Crippen LogP) is -0.405. The van der Waals surface area contributed by atoms with Gasteiger partial charge in [-0.2, -0.15) is 0 Å². The molecule has 0 aromatic carbocycles. The van der Waals surface area contributed by atoms with Crippen LogP contribution in [0.1, 0.15) is 21.6 Å². The Morgan fingerprint density at radius 1 is 1.54 bits per heavy atom. The zero-order chi connectivity index (χ0) is 10.0. The smallest absolute Gasteiger partial charge is 0.271 e. The van der Waals surface area contributed by atoms with Crippen LogP contribution < -0.4 is 16.8 Å². The molecular formula is C8H11N3O2. The molecule has 1 rings (SSSR count). The molecule has 5 heteroatoms. The minimum atomic E-state index is -0.571. The first-order chi connectivity index (χ1) is 6.06. The number of carbonyl (C=O) groups is 1. The summed E-state index contributed by atoms with van der Waals surface area (Å²) in [6.45, 7) is 3.44. The summed E-state index contributed by atoms with van der Waals surface area (Å²) in [7, 11) is 0. The number of aromatic amines is 1. The fourth-order valence-electron chi connectivity index (χ4n) is 1.21. The van der Waals surface area contributed by atoms with Gasteiger partial charge in [0.05, 0.1) is 0 Å². The summed E-state index contributed by atoms with van der Waals surface area (Å²) in [5, 5.41) is 0. The first-order valence-electron chi connectivity index (χ1n) is 3.77. The molecule has 0 saturated heterocycles. The zero-order valence-corrected chi connectivity index (χ0v) is 7.47. The molecule has 5 nitrogen and oxygen atoms in total. The predicted molar refractivity (Wildman–Crippen MR) is 48.2 cm³/mol. The molecule has 1 heterocycles. The number of carbonyl (C=O) groups excluding carboxylic acids is 1. The van der Waals surface area contributed by atoms with Crippen LogP contribution >= 0.6 is 0 Å². The van der Waals surface area contributed by atoms with Gasteiger partial charge in [-0.05, 0) is 25.5 Å². The van der Waals surface area contributed by atoms with Gasteiger partial charge in [-0.3, -0.25) is 15.0 Å². The van der Waals surface area contributed by atoms with Crippen molar-refractivity contribution in [3.63, 3.8) is 0 Å². The molecule has 0 aliphatic rings.